The van der Waals surface area contributed by atoms with E-state index in [1.54, 1.807) is 0 Å². The van der Waals surface area contributed by atoms with Gasteiger partial charge in [-0.15, -0.1) is 0 Å². The predicted molar refractivity (Wildman–Crippen MR) is 88.0 cm³/mol. The first-order valence-electron chi connectivity index (χ1n) is 8.65. The summed E-state index contributed by atoms with van der Waals surface area (Å²) in [5.41, 5.74) is 2.96. The predicted octanol–water partition coefficient (Wildman–Crippen LogP) is 5.26. The summed E-state index contributed by atoms with van der Waals surface area (Å²) in [6.07, 6.45) is 11.1. The van der Waals surface area contributed by atoms with E-state index in [1.165, 1.54) is 56.1 Å². The van der Waals surface area contributed by atoms with E-state index in [-0.39, 0.29) is 0 Å². The van der Waals surface area contributed by atoms with Crippen LogP contribution in [0.3, 0.4) is 0 Å². The summed E-state index contributed by atoms with van der Waals surface area (Å²) in [4.78, 5) is 0. The highest BCUT2D eigenvalue weighted by molar-refractivity contribution is 5.26. The molecule has 20 heavy (non-hydrogen) atoms. The Labute approximate surface area is 125 Å². The third-order valence-electron chi connectivity index (χ3n) is 4.76. The second kappa shape index (κ2) is 8.46. The molecule has 0 bridgehead atoms. The highest BCUT2D eigenvalue weighted by atomic mass is 14.9. The largest absolute Gasteiger partial charge is 0.310 e. The third kappa shape index (κ3) is 4.63. The molecule has 2 rings (SSSR count). The molecule has 1 heteroatoms. The fourth-order valence-corrected chi connectivity index (χ4v) is 3.55. The SMILES string of the molecule is CCNC(CC1CCCCCC1)c1cccc(CC)c1. The summed E-state index contributed by atoms with van der Waals surface area (Å²) in [7, 11) is 0. The van der Waals surface area contributed by atoms with Crippen LogP contribution in [0.2, 0.25) is 0 Å². The van der Waals surface area contributed by atoms with Crippen molar-refractivity contribution in [3.05, 3.63) is 35.4 Å². The highest BCUT2D eigenvalue weighted by Gasteiger charge is 2.19. The van der Waals surface area contributed by atoms with Crippen molar-refractivity contribution in [3.8, 4) is 0 Å². The van der Waals surface area contributed by atoms with Crippen LogP contribution >= 0.6 is 0 Å². The lowest BCUT2D eigenvalue weighted by molar-refractivity contribution is 0.359. The molecule has 0 aliphatic heterocycles. The Morgan fingerprint density at radius 1 is 1.10 bits per heavy atom. The number of aryl methyl sites for hydroxylation is 1. The van der Waals surface area contributed by atoms with E-state index in [9.17, 15) is 0 Å². The zero-order valence-corrected chi connectivity index (χ0v) is 13.3. The normalized spacial score (nSPS) is 18.7. The second-order valence-corrected chi connectivity index (χ2v) is 6.30. The molecule has 1 aromatic carbocycles. The number of rotatable bonds is 6. The molecule has 112 valence electrons. The highest BCUT2D eigenvalue weighted by Crippen LogP contribution is 2.31. The van der Waals surface area contributed by atoms with E-state index >= 15 is 0 Å². The minimum Gasteiger partial charge on any atom is -0.310 e. The Hall–Kier alpha value is -0.820. The zero-order valence-electron chi connectivity index (χ0n) is 13.3. The first kappa shape index (κ1) is 15.6. The molecule has 1 aliphatic carbocycles. The van der Waals surface area contributed by atoms with E-state index in [2.05, 4.69) is 43.4 Å². The summed E-state index contributed by atoms with van der Waals surface area (Å²) < 4.78 is 0. The molecule has 1 N–H and O–H groups in total. The van der Waals surface area contributed by atoms with Crippen molar-refractivity contribution in [3.63, 3.8) is 0 Å². The monoisotopic (exact) mass is 273 g/mol. The van der Waals surface area contributed by atoms with E-state index < -0.39 is 0 Å². The molecule has 0 saturated heterocycles. The molecule has 0 radical (unpaired) electrons. The third-order valence-corrected chi connectivity index (χ3v) is 4.76. The molecule has 1 aliphatic rings. The molecule has 1 unspecified atom stereocenters. The number of hydrogen-bond donors (Lipinski definition) is 1. The molecule has 1 fully saturated rings. The fourth-order valence-electron chi connectivity index (χ4n) is 3.55. The minimum atomic E-state index is 0.551. The number of benzene rings is 1. The van der Waals surface area contributed by atoms with Gasteiger partial charge >= 0.3 is 0 Å². The van der Waals surface area contributed by atoms with Gasteiger partial charge in [-0.25, -0.2) is 0 Å². The van der Waals surface area contributed by atoms with Gasteiger partial charge in [-0.2, -0.15) is 0 Å². The molecule has 0 heterocycles. The van der Waals surface area contributed by atoms with Crippen LogP contribution < -0.4 is 5.32 Å². The fraction of sp³-hybridized carbons (Fsp3) is 0.684. The van der Waals surface area contributed by atoms with Crippen LogP contribution in [0, 0.1) is 5.92 Å². The van der Waals surface area contributed by atoms with Crippen LogP contribution in [-0.4, -0.2) is 6.54 Å². The minimum absolute atomic E-state index is 0.551. The first-order valence-corrected chi connectivity index (χ1v) is 8.65. The van der Waals surface area contributed by atoms with Crippen molar-refractivity contribution in [1.29, 1.82) is 0 Å². The van der Waals surface area contributed by atoms with Gasteiger partial charge < -0.3 is 5.32 Å². The average molecular weight is 273 g/mol. The zero-order chi connectivity index (χ0) is 14.2. The molecular weight excluding hydrogens is 242 g/mol. The molecule has 0 aromatic heterocycles. The van der Waals surface area contributed by atoms with Gasteiger partial charge in [0.15, 0.2) is 0 Å². The van der Waals surface area contributed by atoms with Crippen LogP contribution in [0.5, 0.6) is 0 Å². The topological polar surface area (TPSA) is 12.0 Å². The van der Waals surface area contributed by atoms with Crippen molar-refractivity contribution < 1.29 is 0 Å². The lowest BCUT2D eigenvalue weighted by Crippen LogP contribution is -2.23. The Kier molecular flexibility index (Phi) is 6.59. The molecule has 1 aromatic rings. The van der Waals surface area contributed by atoms with Crippen LogP contribution in [0.1, 0.15) is 76.0 Å². The summed E-state index contributed by atoms with van der Waals surface area (Å²) >= 11 is 0. The summed E-state index contributed by atoms with van der Waals surface area (Å²) in [6, 6.07) is 9.74. The van der Waals surface area contributed by atoms with Crippen molar-refractivity contribution in [2.45, 2.75) is 71.3 Å². The maximum Gasteiger partial charge on any atom is 0.0322 e. The maximum atomic E-state index is 3.72. The van der Waals surface area contributed by atoms with E-state index in [0.29, 0.717) is 6.04 Å². The van der Waals surface area contributed by atoms with Crippen LogP contribution in [0.25, 0.3) is 0 Å². The Morgan fingerprint density at radius 2 is 1.85 bits per heavy atom. The van der Waals surface area contributed by atoms with Crippen molar-refractivity contribution in [2.24, 2.45) is 5.92 Å². The average Bonchev–Trinajstić information content (AvgIpc) is 2.75. The Balaban J connectivity index is 2.04. The standard InChI is InChI=1S/C19H31N/c1-3-16-12-9-13-18(14-16)19(20-4-2)15-17-10-7-5-6-8-11-17/h9,12-14,17,19-20H,3-8,10-11,15H2,1-2H3. The lowest BCUT2D eigenvalue weighted by Gasteiger charge is -2.24. The molecular formula is C19H31N. The molecule has 1 nitrogen and oxygen atoms in total. The van der Waals surface area contributed by atoms with Crippen molar-refractivity contribution in [1.82, 2.24) is 5.32 Å². The van der Waals surface area contributed by atoms with Crippen molar-refractivity contribution >= 4 is 0 Å². The molecule has 1 saturated carbocycles. The van der Waals surface area contributed by atoms with Gasteiger partial charge in [-0.05, 0) is 36.4 Å². The van der Waals surface area contributed by atoms with E-state index in [1.807, 2.05) is 0 Å². The summed E-state index contributed by atoms with van der Waals surface area (Å²) in [5.74, 6) is 0.923. The lowest BCUT2D eigenvalue weighted by atomic mass is 9.89. The summed E-state index contributed by atoms with van der Waals surface area (Å²) in [5, 5.41) is 3.72. The van der Waals surface area contributed by atoms with Crippen LogP contribution in [-0.2, 0) is 6.42 Å². The quantitative estimate of drug-likeness (QED) is 0.697. The maximum absolute atomic E-state index is 3.72. The van der Waals surface area contributed by atoms with Crippen molar-refractivity contribution in [2.75, 3.05) is 6.54 Å². The van der Waals surface area contributed by atoms with Gasteiger partial charge in [0.1, 0.15) is 0 Å². The Morgan fingerprint density at radius 3 is 2.50 bits per heavy atom. The first-order chi connectivity index (χ1) is 9.83. The Bertz CT molecular complexity index is 377. The smallest absolute Gasteiger partial charge is 0.0322 e. The number of nitrogens with one attached hydrogen (secondary N) is 1. The number of hydrogen-bond acceptors (Lipinski definition) is 1. The van der Waals surface area contributed by atoms with Crippen LogP contribution in [0.15, 0.2) is 24.3 Å². The van der Waals surface area contributed by atoms with Crippen LogP contribution in [0.4, 0.5) is 0 Å². The molecule has 1 atom stereocenters. The van der Waals surface area contributed by atoms with Gasteiger partial charge in [-0.3, -0.25) is 0 Å². The summed E-state index contributed by atoms with van der Waals surface area (Å²) in [6.45, 7) is 5.53. The van der Waals surface area contributed by atoms with E-state index in [0.717, 1.165) is 18.9 Å². The van der Waals surface area contributed by atoms with E-state index in [4.69, 9.17) is 0 Å². The molecule has 0 spiro atoms. The van der Waals surface area contributed by atoms with Gasteiger partial charge in [0.05, 0.1) is 0 Å². The van der Waals surface area contributed by atoms with Gasteiger partial charge in [0.2, 0.25) is 0 Å². The molecule has 0 amide bonds. The van der Waals surface area contributed by atoms with Gasteiger partial charge in [-0.1, -0.05) is 76.6 Å². The second-order valence-electron chi connectivity index (χ2n) is 6.30. The van der Waals surface area contributed by atoms with Gasteiger partial charge in [0, 0.05) is 6.04 Å². The van der Waals surface area contributed by atoms with Gasteiger partial charge in [0.25, 0.3) is 0 Å².